The second-order valence-electron chi connectivity index (χ2n) is 4.88. The fourth-order valence-electron chi connectivity index (χ4n) is 1.58. The molecule has 0 aliphatic carbocycles. The number of hydrogen-bond donors (Lipinski definition) is 2. The molecule has 0 aliphatic rings. The zero-order chi connectivity index (χ0) is 15.8. The number of benzene rings is 1. The summed E-state index contributed by atoms with van der Waals surface area (Å²) in [6, 6.07) is 6.75. The topological polar surface area (TPSA) is 87.9 Å². The van der Waals surface area contributed by atoms with Gasteiger partial charge in [-0.25, -0.2) is 5.84 Å². The number of nitrogens with zero attached hydrogens (tertiary/aromatic N) is 2. The zero-order valence-electron chi connectivity index (χ0n) is 12.6. The number of nitrogen functional groups attached to an aromatic ring is 1. The average Bonchev–Trinajstić information content (AvgIpc) is 2.46. The molecule has 0 aliphatic heterocycles. The Morgan fingerprint density at radius 3 is 2.62 bits per heavy atom. The van der Waals surface area contributed by atoms with Crippen LogP contribution < -0.4 is 16.0 Å². The van der Waals surface area contributed by atoms with E-state index in [0.717, 1.165) is 0 Å². The van der Waals surface area contributed by atoms with Gasteiger partial charge in [0, 0.05) is 26.2 Å². The normalized spacial score (nSPS) is 10.3. The molecular formula is C14H22N4O3. The highest BCUT2D eigenvalue weighted by Crippen LogP contribution is 2.13. The summed E-state index contributed by atoms with van der Waals surface area (Å²) in [5, 5.41) is 0. The molecule has 1 rings (SSSR count). The van der Waals surface area contributed by atoms with Crippen LogP contribution >= 0.6 is 0 Å². The maximum Gasteiger partial charge on any atom is 0.265 e. The summed E-state index contributed by atoms with van der Waals surface area (Å²) in [7, 11) is 5.30. The van der Waals surface area contributed by atoms with Crippen molar-refractivity contribution in [3.63, 3.8) is 0 Å². The molecule has 0 bridgehead atoms. The van der Waals surface area contributed by atoms with Crippen LogP contribution in [0.25, 0.3) is 0 Å². The van der Waals surface area contributed by atoms with Gasteiger partial charge in [-0.2, -0.15) is 0 Å². The van der Waals surface area contributed by atoms with Gasteiger partial charge >= 0.3 is 0 Å². The molecule has 3 N–H and O–H groups in total. The summed E-state index contributed by atoms with van der Waals surface area (Å²) < 4.78 is 5.57. The van der Waals surface area contributed by atoms with Crippen molar-refractivity contribution in [2.24, 2.45) is 5.84 Å². The Morgan fingerprint density at radius 2 is 2.00 bits per heavy atom. The molecule has 7 heteroatoms. The van der Waals surface area contributed by atoms with Crippen molar-refractivity contribution in [1.29, 1.82) is 0 Å². The molecule has 0 saturated heterocycles. The summed E-state index contributed by atoms with van der Waals surface area (Å²) in [6.45, 7) is 1.36. The molecule has 0 saturated carbocycles. The van der Waals surface area contributed by atoms with Crippen LogP contribution in [0.15, 0.2) is 24.3 Å². The molecular weight excluding hydrogens is 272 g/mol. The molecule has 1 aromatic carbocycles. The van der Waals surface area contributed by atoms with Crippen molar-refractivity contribution in [3.8, 4) is 5.75 Å². The number of carbonyl (C=O) groups is 2. The average molecular weight is 294 g/mol. The van der Waals surface area contributed by atoms with Gasteiger partial charge in [-0.15, -0.1) is 0 Å². The van der Waals surface area contributed by atoms with E-state index in [1.807, 2.05) is 11.9 Å². The van der Waals surface area contributed by atoms with Gasteiger partial charge in [-0.3, -0.25) is 19.9 Å². The maximum absolute atomic E-state index is 11.5. The minimum atomic E-state index is -0.367. The SMILES string of the molecule is CN(CCOc1cccc(C(=O)NN)c1)CC(=O)N(C)C. The molecule has 0 fully saturated rings. The highest BCUT2D eigenvalue weighted by atomic mass is 16.5. The lowest BCUT2D eigenvalue weighted by Gasteiger charge is -2.19. The predicted molar refractivity (Wildman–Crippen MR) is 79.8 cm³/mol. The van der Waals surface area contributed by atoms with Crippen molar-refractivity contribution in [3.05, 3.63) is 29.8 Å². The number of nitrogens with two attached hydrogens (primary N) is 1. The second kappa shape index (κ2) is 8.23. The lowest BCUT2D eigenvalue weighted by molar-refractivity contribution is -0.129. The molecule has 0 aromatic heterocycles. The fraction of sp³-hybridized carbons (Fsp3) is 0.429. The molecule has 7 nitrogen and oxygen atoms in total. The monoisotopic (exact) mass is 294 g/mol. The Labute approximate surface area is 124 Å². The summed E-state index contributed by atoms with van der Waals surface area (Å²) in [5.74, 6) is 5.34. The van der Waals surface area contributed by atoms with Crippen molar-refractivity contribution < 1.29 is 14.3 Å². The third-order valence-electron chi connectivity index (χ3n) is 2.87. The first-order valence-electron chi connectivity index (χ1n) is 6.56. The highest BCUT2D eigenvalue weighted by Gasteiger charge is 2.08. The van der Waals surface area contributed by atoms with Crippen molar-refractivity contribution in [1.82, 2.24) is 15.2 Å². The minimum Gasteiger partial charge on any atom is -0.492 e. The Morgan fingerprint density at radius 1 is 1.29 bits per heavy atom. The number of ether oxygens (including phenoxy) is 1. The first-order chi connectivity index (χ1) is 9.93. The van der Waals surface area contributed by atoms with Gasteiger partial charge in [-0.1, -0.05) is 6.07 Å². The smallest absolute Gasteiger partial charge is 0.265 e. The van der Waals surface area contributed by atoms with Crippen LogP contribution in [0, 0.1) is 0 Å². The summed E-state index contributed by atoms with van der Waals surface area (Å²) in [6.07, 6.45) is 0. The third-order valence-corrected chi connectivity index (χ3v) is 2.87. The van der Waals surface area contributed by atoms with E-state index in [4.69, 9.17) is 10.6 Å². The van der Waals surface area contributed by atoms with Crippen molar-refractivity contribution in [2.75, 3.05) is 40.8 Å². The summed E-state index contributed by atoms with van der Waals surface area (Å²) >= 11 is 0. The molecule has 116 valence electrons. The Bertz CT molecular complexity index is 491. The minimum absolute atomic E-state index is 0.0408. The van der Waals surface area contributed by atoms with Gasteiger partial charge < -0.3 is 9.64 Å². The first-order valence-corrected chi connectivity index (χ1v) is 6.56. The molecule has 2 amide bonds. The van der Waals surface area contributed by atoms with E-state index in [0.29, 0.717) is 31.0 Å². The van der Waals surface area contributed by atoms with E-state index < -0.39 is 0 Å². The van der Waals surface area contributed by atoms with Gasteiger partial charge in [-0.05, 0) is 25.2 Å². The van der Waals surface area contributed by atoms with Crippen LogP contribution in [-0.4, -0.2) is 62.5 Å². The van der Waals surface area contributed by atoms with E-state index in [9.17, 15) is 9.59 Å². The van der Waals surface area contributed by atoms with E-state index in [1.54, 1.807) is 43.3 Å². The summed E-state index contributed by atoms with van der Waals surface area (Å²) in [5.41, 5.74) is 2.51. The van der Waals surface area contributed by atoms with Gasteiger partial charge in [0.2, 0.25) is 5.91 Å². The second-order valence-corrected chi connectivity index (χ2v) is 4.88. The molecule has 21 heavy (non-hydrogen) atoms. The zero-order valence-corrected chi connectivity index (χ0v) is 12.6. The van der Waals surface area contributed by atoms with Crippen LogP contribution in [0.2, 0.25) is 0 Å². The standard InChI is InChI=1S/C14H22N4O3/c1-17(2)13(19)10-18(3)7-8-21-12-6-4-5-11(9-12)14(20)16-15/h4-6,9H,7-8,10,15H2,1-3H3,(H,16,20). The predicted octanol–water partition coefficient (Wildman–Crippen LogP) is -0.311. The van der Waals surface area contributed by atoms with Crippen molar-refractivity contribution in [2.45, 2.75) is 0 Å². The van der Waals surface area contributed by atoms with Gasteiger partial charge in [0.15, 0.2) is 0 Å². The Hall–Kier alpha value is -2.12. The summed E-state index contributed by atoms with van der Waals surface area (Å²) in [4.78, 5) is 26.3. The number of likely N-dealkylation sites (N-methyl/N-ethyl adjacent to an activating group) is 2. The van der Waals surface area contributed by atoms with Gasteiger partial charge in [0.25, 0.3) is 5.91 Å². The van der Waals surface area contributed by atoms with Crippen LogP contribution in [0.4, 0.5) is 0 Å². The van der Waals surface area contributed by atoms with E-state index in [-0.39, 0.29) is 11.8 Å². The van der Waals surface area contributed by atoms with Crippen LogP contribution in [0.3, 0.4) is 0 Å². The highest BCUT2D eigenvalue weighted by molar-refractivity contribution is 5.94. The maximum atomic E-state index is 11.5. The fourth-order valence-corrected chi connectivity index (χ4v) is 1.58. The lowest BCUT2D eigenvalue weighted by atomic mass is 10.2. The first kappa shape index (κ1) is 16.9. The molecule has 1 aromatic rings. The van der Waals surface area contributed by atoms with Crippen LogP contribution in [0.5, 0.6) is 5.75 Å². The molecule has 0 radical (unpaired) electrons. The Balaban J connectivity index is 2.42. The molecule has 0 heterocycles. The van der Waals surface area contributed by atoms with Gasteiger partial charge in [0.05, 0.1) is 6.54 Å². The van der Waals surface area contributed by atoms with Crippen LogP contribution in [-0.2, 0) is 4.79 Å². The number of carbonyl (C=O) groups excluding carboxylic acids is 2. The quantitative estimate of drug-likeness (QED) is 0.409. The number of hydrazine groups is 1. The molecule has 0 atom stereocenters. The molecule has 0 spiro atoms. The van der Waals surface area contributed by atoms with E-state index >= 15 is 0 Å². The van der Waals surface area contributed by atoms with E-state index in [1.165, 1.54) is 0 Å². The van der Waals surface area contributed by atoms with Gasteiger partial charge in [0.1, 0.15) is 12.4 Å². The number of nitrogens with one attached hydrogen (secondary N) is 1. The number of amides is 2. The third kappa shape index (κ3) is 5.80. The number of hydrogen-bond acceptors (Lipinski definition) is 5. The van der Waals surface area contributed by atoms with Crippen LogP contribution in [0.1, 0.15) is 10.4 Å². The molecule has 0 unspecified atom stereocenters. The van der Waals surface area contributed by atoms with E-state index in [2.05, 4.69) is 5.43 Å². The Kier molecular flexibility index (Phi) is 6.64. The lowest BCUT2D eigenvalue weighted by Crippen LogP contribution is -2.36. The van der Waals surface area contributed by atoms with Crippen molar-refractivity contribution >= 4 is 11.8 Å². The largest absolute Gasteiger partial charge is 0.492 e. The number of rotatable bonds is 7.